The maximum Gasteiger partial charge on any atom is 0.361 e. The van der Waals surface area contributed by atoms with Gasteiger partial charge in [-0.15, -0.1) is 0 Å². The number of hydrogen-bond donors (Lipinski definition) is 1. The third-order valence-corrected chi connectivity index (χ3v) is 4.10. The zero-order valence-electron chi connectivity index (χ0n) is 14.2. The number of hydrogen-bond acceptors (Lipinski definition) is 5. The fraction of sp³-hybridized carbons (Fsp3) is 0.105. The van der Waals surface area contributed by atoms with Gasteiger partial charge in [-0.3, -0.25) is 4.79 Å². The first-order chi connectivity index (χ1) is 12.9. The number of halogens is 2. The predicted molar refractivity (Wildman–Crippen MR) is 102 cm³/mol. The summed E-state index contributed by atoms with van der Waals surface area (Å²) < 4.78 is 10.5. The first-order valence-electron chi connectivity index (χ1n) is 7.89. The van der Waals surface area contributed by atoms with Gasteiger partial charge in [-0.05, 0) is 37.3 Å². The number of carbonyl (C=O) groups excluding carboxylic acids is 2. The Hall–Kier alpha value is -2.83. The number of esters is 1. The average molecular weight is 405 g/mol. The number of amides is 1. The van der Waals surface area contributed by atoms with Crippen molar-refractivity contribution in [3.8, 4) is 11.5 Å². The van der Waals surface area contributed by atoms with Gasteiger partial charge in [0.25, 0.3) is 5.91 Å². The lowest BCUT2D eigenvalue weighted by atomic mass is 10.2. The molecule has 0 atom stereocenters. The zero-order valence-corrected chi connectivity index (χ0v) is 15.7. The number of ether oxygens (including phenoxy) is 1. The molecule has 1 N–H and O–H groups in total. The van der Waals surface area contributed by atoms with E-state index >= 15 is 0 Å². The number of rotatable bonds is 5. The van der Waals surface area contributed by atoms with Gasteiger partial charge in [-0.25, -0.2) is 9.78 Å². The highest BCUT2D eigenvalue weighted by Crippen LogP contribution is 2.25. The van der Waals surface area contributed by atoms with Gasteiger partial charge >= 0.3 is 5.97 Å². The molecule has 0 aliphatic carbocycles. The zero-order chi connectivity index (χ0) is 19.4. The van der Waals surface area contributed by atoms with Crippen LogP contribution in [0.3, 0.4) is 0 Å². The Kier molecular flexibility index (Phi) is 5.78. The summed E-state index contributed by atoms with van der Waals surface area (Å²) in [5, 5.41) is 3.26. The van der Waals surface area contributed by atoms with E-state index in [1.807, 2.05) is 30.3 Å². The van der Waals surface area contributed by atoms with E-state index in [2.05, 4.69) is 10.3 Å². The number of aromatic nitrogens is 1. The molecular formula is C19H14Cl2N2O4. The van der Waals surface area contributed by atoms with E-state index in [4.69, 9.17) is 32.4 Å². The summed E-state index contributed by atoms with van der Waals surface area (Å²) in [6.45, 7) is 1.11. The fourth-order valence-electron chi connectivity index (χ4n) is 2.27. The highest BCUT2D eigenvalue weighted by atomic mass is 35.5. The Morgan fingerprint density at radius 2 is 1.89 bits per heavy atom. The standard InChI is InChI=1S/C19H14Cl2N2O4/c1-11-17(23-18(27-11)12-5-3-2-4-6-12)19(25)26-10-16(24)22-15-8-7-13(20)9-14(15)21/h2-9H,10H2,1H3,(H,22,24). The van der Waals surface area contributed by atoms with Crippen LogP contribution >= 0.6 is 23.2 Å². The molecule has 0 saturated heterocycles. The van der Waals surface area contributed by atoms with Crippen LogP contribution in [0.2, 0.25) is 10.0 Å². The van der Waals surface area contributed by atoms with Crippen molar-refractivity contribution in [2.45, 2.75) is 6.92 Å². The molecule has 27 heavy (non-hydrogen) atoms. The molecule has 0 saturated carbocycles. The monoisotopic (exact) mass is 404 g/mol. The number of nitrogens with one attached hydrogen (secondary N) is 1. The van der Waals surface area contributed by atoms with Gasteiger partial charge in [0.15, 0.2) is 12.3 Å². The van der Waals surface area contributed by atoms with Crippen molar-refractivity contribution in [3.63, 3.8) is 0 Å². The minimum absolute atomic E-state index is 0.0196. The Morgan fingerprint density at radius 1 is 1.15 bits per heavy atom. The lowest BCUT2D eigenvalue weighted by Crippen LogP contribution is -2.21. The van der Waals surface area contributed by atoms with Crippen LogP contribution in [0, 0.1) is 6.92 Å². The van der Waals surface area contributed by atoms with Gasteiger partial charge in [-0.1, -0.05) is 41.4 Å². The van der Waals surface area contributed by atoms with Gasteiger partial charge in [-0.2, -0.15) is 0 Å². The third-order valence-electron chi connectivity index (χ3n) is 3.55. The van der Waals surface area contributed by atoms with Crippen LogP contribution in [0.1, 0.15) is 16.2 Å². The van der Waals surface area contributed by atoms with E-state index in [0.29, 0.717) is 22.4 Å². The summed E-state index contributed by atoms with van der Waals surface area (Å²) in [6.07, 6.45) is 0. The van der Waals surface area contributed by atoms with E-state index < -0.39 is 18.5 Å². The topological polar surface area (TPSA) is 81.4 Å². The molecule has 0 aliphatic heterocycles. The highest BCUT2D eigenvalue weighted by molar-refractivity contribution is 6.36. The maximum atomic E-state index is 12.2. The van der Waals surface area contributed by atoms with Crippen LogP contribution in [-0.4, -0.2) is 23.5 Å². The number of oxazole rings is 1. The lowest BCUT2D eigenvalue weighted by Gasteiger charge is -2.07. The van der Waals surface area contributed by atoms with Gasteiger partial charge in [0.1, 0.15) is 5.76 Å². The molecular weight excluding hydrogens is 391 g/mol. The number of nitrogens with zero attached hydrogens (tertiary/aromatic N) is 1. The Morgan fingerprint density at radius 3 is 2.59 bits per heavy atom. The summed E-state index contributed by atoms with van der Waals surface area (Å²) in [7, 11) is 0. The maximum absolute atomic E-state index is 12.2. The van der Waals surface area contributed by atoms with Crippen molar-refractivity contribution in [3.05, 3.63) is 70.0 Å². The van der Waals surface area contributed by atoms with Crippen molar-refractivity contribution < 1.29 is 18.7 Å². The second kappa shape index (κ2) is 8.24. The quantitative estimate of drug-likeness (QED) is 0.620. The van der Waals surface area contributed by atoms with Crippen LogP contribution in [0.5, 0.6) is 0 Å². The molecule has 1 amide bonds. The van der Waals surface area contributed by atoms with E-state index in [9.17, 15) is 9.59 Å². The Bertz CT molecular complexity index is 987. The summed E-state index contributed by atoms with van der Waals surface area (Å²) in [5.74, 6) is -0.690. The normalized spacial score (nSPS) is 10.5. The largest absolute Gasteiger partial charge is 0.451 e. The molecule has 0 unspecified atom stereocenters. The molecule has 0 spiro atoms. The molecule has 1 heterocycles. The lowest BCUT2D eigenvalue weighted by molar-refractivity contribution is -0.119. The van der Waals surface area contributed by atoms with Gasteiger partial charge in [0, 0.05) is 10.6 Å². The fourth-order valence-corrected chi connectivity index (χ4v) is 2.72. The van der Waals surface area contributed by atoms with Crippen molar-refractivity contribution in [1.82, 2.24) is 4.98 Å². The van der Waals surface area contributed by atoms with Crippen LogP contribution < -0.4 is 5.32 Å². The first-order valence-corrected chi connectivity index (χ1v) is 8.64. The molecule has 0 bridgehead atoms. The summed E-state index contributed by atoms with van der Waals surface area (Å²) in [5.41, 5.74) is 1.12. The second-order valence-corrected chi connectivity index (χ2v) is 6.38. The van der Waals surface area contributed by atoms with Crippen LogP contribution in [0.4, 0.5) is 5.69 Å². The summed E-state index contributed by atoms with van der Waals surface area (Å²) in [4.78, 5) is 28.3. The number of anilines is 1. The minimum Gasteiger partial charge on any atom is -0.451 e. The molecule has 3 aromatic rings. The van der Waals surface area contributed by atoms with E-state index in [1.165, 1.54) is 6.07 Å². The van der Waals surface area contributed by atoms with Crippen LogP contribution in [-0.2, 0) is 9.53 Å². The van der Waals surface area contributed by atoms with Crippen molar-refractivity contribution in [2.75, 3.05) is 11.9 Å². The minimum atomic E-state index is -0.754. The van der Waals surface area contributed by atoms with Crippen molar-refractivity contribution >= 4 is 40.8 Å². The van der Waals surface area contributed by atoms with Crippen molar-refractivity contribution in [1.29, 1.82) is 0 Å². The van der Waals surface area contributed by atoms with Gasteiger partial charge in [0.2, 0.25) is 5.89 Å². The number of aryl methyl sites for hydroxylation is 1. The van der Waals surface area contributed by atoms with Gasteiger partial charge in [0.05, 0.1) is 10.7 Å². The van der Waals surface area contributed by atoms with E-state index in [1.54, 1.807) is 19.1 Å². The van der Waals surface area contributed by atoms with Gasteiger partial charge < -0.3 is 14.5 Å². The van der Waals surface area contributed by atoms with Crippen LogP contribution in [0.15, 0.2) is 52.9 Å². The van der Waals surface area contributed by atoms with Crippen LogP contribution in [0.25, 0.3) is 11.5 Å². The molecule has 3 rings (SSSR count). The van der Waals surface area contributed by atoms with E-state index in [0.717, 1.165) is 5.56 Å². The molecule has 6 nitrogen and oxygen atoms in total. The predicted octanol–water partition coefficient (Wildman–Crippen LogP) is 4.75. The molecule has 138 valence electrons. The highest BCUT2D eigenvalue weighted by Gasteiger charge is 2.20. The second-order valence-electron chi connectivity index (χ2n) is 5.54. The first kappa shape index (κ1) is 18.9. The average Bonchev–Trinajstić information content (AvgIpc) is 3.05. The molecule has 0 aliphatic rings. The smallest absolute Gasteiger partial charge is 0.361 e. The molecule has 0 fully saturated rings. The number of carbonyl (C=O) groups is 2. The number of benzene rings is 2. The Labute approximate surface area is 165 Å². The van der Waals surface area contributed by atoms with Crippen molar-refractivity contribution in [2.24, 2.45) is 0 Å². The molecule has 8 heteroatoms. The summed E-state index contributed by atoms with van der Waals surface area (Å²) >= 11 is 11.8. The molecule has 1 aromatic heterocycles. The Balaban J connectivity index is 1.62. The SMILES string of the molecule is Cc1oc(-c2ccccc2)nc1C(=O)OCC(=O)Nc1ccc(Cl)cc1Cl. The van der Waals surface area contributed by atoms with E-state index in [-0.39, 0.29) is 10.7 Å². The summed E-state index contributed by atoms with van der Waals surface area (Å²) in [6, 6.07) is 13.8. The molecule has 0 radical (unpaired) electrons. The third kappa shape index (κ3) is 4.67. The molecule has 2 aromatic carbocycles.